The van der Waals surface area contributed by atoms with Gasteiger partial charge in [0.05, 0.1) is 11.1 Å². The van der Waals surface area contributed by atoms with E-state index in [1.54, 1.807) is 0 Å². The Labute approximate surface area is 129 Å². The minimum atomic E-state index is -0.274. The monoisotopic (exact) mass is 299 g/mol. The highest BCUT2D eigenvalue weighted by molar-refractivity contribution is 6.35. The lowest BCUT2D eigenvalue weighted by atomic mass is 10.0. The van der Waals surface area contributed by atoms with Crippen molar-refractivity contribution < 1.29 is 4.42 Å². The van der Waals surface area contributed by atoms with Crippen molar-refractivity contribution in [2.45, 2.75) is 25.8 Å². The standard InChI is InChI=1S/C18H18ClNO/c1-2-4-12-7-9-13(10-8-12)18(20)17-11-14-15(19)5-3-6-16(14)21-17/h3,5-11,18H,2,4,20H2,1H3. The number of hydrogen-bond donors (Lipinski definition) is 1. The average molecular weight is 300 g/mol. The predicted molar refractivity (Wildman–Crippen MR) is 87.7 cm³/mol. The highest BCUT2D eigenvalue weighted by Crippen LogP contribution is 2.31. The highest BCUT2D eigenvalue weighted by atomic mass is 35.5. The maximum atomic E-state index is 6.32. The molecule has 3 aromatic rings. The summed E-state index contributed by atoms with van der Waals surface area (Å²) in [5, 5.41) is 1.60. The van der Waals surface area contributed by atoms with E-state index in [4.69, 9.17) is 21.8 Å². The first-order valence-electron chi connectivity index (χ1n) is 7.21. The first-order chi connectivity index (χ1) is 10.2. The van der Waals surface area contributed by atoms with Crippen molar-refractivity contribution in [1.29, 1.82) is 0 Å². The zero-order chi connectivity index (χ0) is 14.8. The van der Waals surface area contributed by atoms with Crippen LogP contribution in [0.4, 0.5) is 0 Å². The summed E-state index contributed by atoms with van der Waals surface area (Å²) in [6.45, 7) is 2.18. The third-order valence-corrected chi connectivity index (χ3v) is 4.04. The Hall–Kier alpha value is -1.77. The van der Waals surface area contributed by atoms with E-state index in [1.165, 1.54) is 5.56 Å². The highest BCUT2D eigenvalue weighted by Gasteiger charge is 2.15. The van der Waals surface area contributed by atoms with Gasteiger partial charge in [-0.2, -0.15) is 0 Å². The Morgan fingerprint density at radius 3 is 2.57 bits per heavy atom. The Kier molecular flexibility index (Phi) is 4.00. The zero-order valence-electron chi connectivity index (χ0n) is 12.0. The molecule has 0 bridgehead atoms. The van der Waals surface area contributed by atoms with E-state index < -0.39 is 0 Å². The molecule has 1 atom stereocenters. The van der Waals surface area contributed by atoms with Crippen LogP contribution in [0.5, 0.6) is 0 Å². The summed E-state index contributed by atoms with van der Waals surface area (Å²) in [6.07, 6.45) is 2.24. The summed E-state index contributed by atoms with van der Waals surface area (Å²) in [5.41, 5.74) is 9.47. The van der Waals surface area contributed by atoms with Crippen LogP contribution in [0.3, 0.4) is 0 Å². The molecule has 21 heavy (non-hydrogen) atoms. The molecule has 3 heteroatoms. The van der Waals surface area contributed by atoms with Crippen LogP contribution >= 0.6 is 11.6 Å². The molecule has 2 nitrogen and oxygen atoms in total. The minimum absolute atomic E-state index is 0.274. The molecule has 1 aromatic heterocycles. The van der Waals surface area contributed by atoms with Crippen LogP contribution in [0, 0.1) is 0 Å². The molecule has 108 valence electrons. The lowest BCUT2D eigenvalue weighted by Crippen LogP contribution is -2.10. The van der Waals surface area contributed by atoms with Gasteiger partial charge in [-0.25, -0.2) is 0 Å². The molecular formula is C18H18ClNO. The molecule has 0 radical (unpaired) electrons. The molecule has 3 rings (SSSR count). The van der Waals surface area contributed by atoms with Gasteiger partial charge < -0.3 is 10.2 Å². The molecule has 0 spiro atoms. The summed E-state index contributed by atoms with van der Waals surface area (Å²) < 4.78 is 5.83. The van der Waals surface area contributed by atoms with Gasteiger partial charge in [-0.3, -0.25) is 0 Å². The van der Waals surface area contributed by atoms with E-state index in [9.17, 15) is 0 Å². The van der Waals surface area contributed by atoms with E-state index in [2.05, 4.69) is 31.2 Å². The van der Waals surface area contributed by atoms with E-state index in [0.717, 1.165) is 35.1 Å². The number of benzene rings is 2. The van der Waals surface area contributed by atoms with E-state index in [1.807, 2.05) is 24.3 Å². The lowest BCUT2D eigenvalue weighted by molar-refractivity contribution is 0.525. The zero-order valence-corrected chi connectivity index (χ0v) is 12.7. The second-order valence-electron chi connectivity index (χ2n) is 5.27. The van der Waals surface area contributed by atoms with Crippen molar-refractivity contribution in [2.24, 2.45) is 5.73 Å². The van der Waals surface area contributed by atoms with Gasteiger partial charge in [0.25, 0.3) is 0 Å². The molecule has 0 saturated carbocycles. The number of aryl methyl sites for hydroxylation is 1. The topological polar surface area (TPSA) is 39.2 Å². The molecule has 1 heterocycles. The number of nitrogens with two attached hydrogens (primary N) is 1. The predicted octanol–water partition coefficient (Wildman–Crippen LogP) is 5.09. The summed E-state index contributed by atoms with van der Waals surface area (Å²) >= 11 is 6.18. The van der Waals surface area contributed by atoms with E-state index >= 15 is 0 Å². The SMILES string of the molecule is CCCc1ccc(C(N)c2cc3c(Cl)cccc3o2)cc1. The first kappa shape index (κ1) is 14.2. The van der Waals surface area contributed by atoms with Crippen LogP contribution in [0.25, 0.3) is 11.0 Å². The fourth-order valence-electron chi connectivity index (χ4n) is 2.54. The molecule has 0 aliphatic heterocycles. The number of rotatable bonds is 4. The Morgan fingerprint density at radius 1 is 1.14 bits per heavy atom. The van der Waals surface area contributed by atoms with Crippen LogP contribution < -0.4 is 5.73 Å². The normalized spacial score (nSPS) is 12.7. The number of halogens is 1. The lowest BCUT2D eigenvalue weighted by Gasteiger charge is -2.09. The molecular weight excluding hydrogens is 282 g/mol. The van der Waals surface area contributed by atoms with Gasteiger partial charge in [0.1, 0.15) is 11.3 Å². The second-order valence-corrected chi connectivity index (χ2v) is 5.68. The van der Waals surface area contributed by atoms with Crippen molar-refractivity contribution >= 4 is 22.6 Å². The third kappa shape index (κ3) is 2.82. The van der Waals surface area contributed by atoms with Crippen molar-refractivity contribution in [3.8, 4) is 0 Å². The molecule has 0 fully saturated rings. The number of furan rings is 1. The van der Waals surface area contributed by atoms with Crippen molar-refractivity contribution in [2.75, 3.05) is 0 Å². The Bertz CT molecular complexity index is 746. The molecule has 2 aromatic carbocycles. The molecule has 0 aliphatic rings. The number of hydrogen-bond acceptors (Lipinski definition) is 2. The quantitative estimate of drug-likeness (QED) is 0.729. The second kappa shape index (κ2) is 5.92. The van der Waals surface area contributed by atoms with Gasteiger partial charge in [0.15, 0.2) is 0 Å². The van der Waals surface area contributed by atoms with Gasteiger partial charge in [-0.1, -0.05) is 55.3 Å². The summed E-state index contributed by atoms with van der Waals surface area (Å²) in [5.74, 6) is 0.737. The first-order valence-corrected chi connectivity index (χ1v) is 7.59. The smallest absolute Gasteiger partial charge is 0.135 e. The van der Waals surface area contributed by atoms with Gasteiger partial charge >= 0.3 is 0 Å². The van der Waals surface area contributed by atoms with Crippen LogP contribution in [0.15, 0.2) is 52.9 Å². The summed E-state index contributed by atoms with van der Waals surface area (Å²) in [4.78, 5) is 0. The molecule has 2 N–H and O–H groups in total. The van der Waals surface area contributed by atoms with Crippen molar-refractivity contribution in [3.05, 3.63) is 70.4 Å². The van der Waals surface area contributed by atoms with Gasteiger partial charge in [0.2, 0.25) is 0 Å². The molecule has 0 amide bonds. The van der Waals surface area contributed by atoms with Crippen LogP contribution in [-0.4, -0.2) is 0 Å². The van der Waals surface area contributed by atoms with Crippen molar-refractivity contribution in [1.82, 2.24) is 0 Å². The minimum Gasteiger partial charge on any atom is -0.459 e. The van der Waals surface area contributed by atoms with E-state index in [-0.39, 0.29) is 6.04 Å². The summed E-state index contributed by atoms with van der Waals surface area (Å²) in [6, 6.07) is 15.7. The fourth-order valence-corrected chi connectivity index (χ4v) is 2.76. The van der Waals surface area contributed by atoms with Crippen molar-refractivity contribution in [3.63, 3.8) is 0 Å². The van der Waals surface area contributed by atoms with Gasteiger partial charge in [-0.15, -0.1) is 0 Å². The van der Waals surface area contributed by atoms with E-state index in [0.29, 0.717) is 5.02 Å². The van der Waals surface area contributed by atoms with Crippen LogP contribution in [0.1, 0.15) is 36.3 Å². The number of fused-ring (bicyclic) bond motifs is 1. The molecule has 0 saturated heterocycles. The molecule has 0 aliphatic carbocycles. The van der Waals surface area contributed by atoms with Crippen LogP contribution in [-0.2, 0) is 6.42 Å². The fraction of sp³-hybridized carbons (Fsp3) is 0.222. The Balaban J connectivity index is 1.92. The molecule has 1 unspecified atom stereocenters. The third-order valence-electron chi connectivity index (χ3n) is 3.71. The largest absolute Gasteiger partial charge is 0.459 e. The van der Waals surface area contributed by atoms with Gasteiger partial charge in [0, 0.05) is 5.39 Å². The summed E-state index contributed by atoms with van der Waals surface area (Å²) in [7, 11) is 0. The average Bonchev–Trinajstić information content (AvgIpc) is 2.93. The maximum absolute atomic E-state index is 6.32. The van der Waals surface area contributed by atoms with Crippen LogP contribution in [0.2, 0.25) is 5.02 Å². The van der Waals surface area contributed by atoms with Gasteiger partial charge in [-0.05, 0) is 35.7 Å². The Morgan fingerprint density at radius 2 is 1.90 bits per heavy atom. The maximum Gasteiger partial charge on any atom is 0.135 e.